The molecule has 9 nitrogen and oxygen atoms in total. The monoisotopic (exact) mass is 339 g/mol. The van der Waals surface area contributed by atoms with E-state index in [1.165, 1.54) is 13.8 Å². The molecular formula is C15H21N3O6. The summed E-state index contributed by atoms with van der Waals surface area (Å²) in [5.74, 6) is -0.563. The highest BCUT2D eigenvalue weighted by Gasteiger charge is 2.37. The van der Waals surface area contributed by atoms with Gasteiger partial charge >= 0.3 is 0 Å². The van der Waals surface area contributed by atoms with E-state index >= 15 is 0 Å². The van der Waals surface area contributed by atoms with Gasteiger partial charge in [0.05, 0.1) is 18.0 Å². The molecular weight excluding hydrogens is 318 g/mol. The first kappa shape index (κ1) is 18.1. The lowest BCUT2D eigenvalue weighted by Gasteiger charge is -2.36. The number of ether oxygens (including phenoxy) is 1. The van der Waals surface area contributed by atoms with Crippen LogP contribution in [0.4, 0.5) is 17.1 Å². The Morgan fingerprint density at radius 2 is 1.71 bits per heavy atom. The van der Waals surface area contributed by atoms with E-state index < -0.39 is 24.5 Å². The zero-order chi connectivity index (χ0) is 17.9. The predicted molar refractivity (Wildman–Crippen MR) is 86.4 cm³/mol. The number of amides is 2. The number of benzene rings is 1. The predicted octanol–water partition coefficient (Wildman–Crippen LogP) is -0.546. The summed E-state index contributed by atoms with van der Waals surface area (Å²) in [6.07, 6.45) is -4.91. The van der Waals surface area contributed by atoms with Crippen molar-refractivity contribution >= 4 is 28.9 Å². The Labute approximate surface area is 138 Å². The van der Waals surface area contributed by atoms with E-state index in [4.69, 9.17) is 4.74 Å². The molecule has 1 aliphatic heterocycles. The lowest BCUT2D eigenvalue weighted by atomic mass is 10.0. The molecule has 1 heterocycles. The third-order valence-electron chi connectivity index (χ3n) is 3.45. The average Bonchev–Trinajstić information content (AvgIpc) is 2.49. The Bertz CT molecular complexity index is 623. The number of aliphatic hydroxyl groups is 3. The number of carbonyl (C=O) groups excluding carboxylic acids is 2. The molecule has 0 bridgehead atoms. The van der Waals surface area contributed by atoms with Gasteiger partial charge in [0.2, 0.25) is 11.8 Å². The molecule has 0 radical (unpaired) electrons. The van der Waals surface area contributed by atoms with Crippen molar-refractivity contribution in [2.45, 2.75) is 38.4 Å². The van der Waals surface area contributed by atoms with Gasteiger partial charge in [-0.2, -0.15) is 0 Å². The normalized spacial score (nSPS) is 26.5. The standard InChI is InChI=1S/C15H21N3O6/c1-7(19)16-9-3-4-10(17-8(2)20)11(5-9)18-15-14(23)13(22)12(21)6-24-15/h3-5,12-15,18,21-23H,6H2,1-2H3,(H,16,19)(H,17,20)/t12-,13+,14-,15+/m1/s1. The van der Waals surface area contributed by atoms with Gasteiger partial charge in [0.25, 0.3) is 0 Å². The molecule has 1 aromatic carbocycles. The molecule has 0 aromatic heterocycles. The molecule has 0 spiro atoms. The Balaban J connectivity index is 2.24. The van der Waals surface area contributed by atoms with Gasteiger partial charge in [0, 0.05) is 19.5 Å². The first-order chi connectivity index (χ1) is 11.3. The third-order valence-corrected chi connectivity index (χ3v) is 3.45. The van der Waals surface area contributed by atoms with Gasteiger partial charge in [0.1, 0.15) is 18.3 Å². The molecule has 1 aromatic rings. The van der Waals surface area contributed by atoms with Gasteiger partial charge in [-0.15, -0.1) is 0 Å². The molecule has 0 unspecified atom stereocenters. The maximum absolute atomic E-state index is 11.3. The molecule has 1 fully saturated rings. The summed E-state index contributed by atoms with van der Waals surface area (Å²) in [6, 6.07) is 4.74. The van der Waals surface area contributed by atoms with E-state index in [1.54, 1.807) is 18.2 Å². The largest absolute Gasteiger partial charge is 0.388 e. The number of anilines is 3. The van der Waals surface area contributed by atoms with Crippen molar-refractivity contribution in [2.24, 2.45) is 0 Å². The fourth-order valence-electron chi connectivity index (χ4n) is 2.33. The van der Waals surface area contributed by atoms with Gasteiger partial charge in [-0.05, 0) is 18.2 Å². The van der Waals surface area contributed by atoms with Crippen molar-refractivity contribution in [2.75, 3.05) is 22.6 Å². The Morgan fingerprint density at radius 3 is 2.33 bits per heavy atom. The topological polar surface area (TPSA) is 140 Å². The van der Waals surface area contributed by atoms with Crippen LogP contribution in [0.25, 0.3) is 0 Å². The van der Waals surface area contributed by atoms with E-state index in [1.807, 2.05) is 0 Å². The van der Waals surface area contributed by atoms with Crippen LogP contribution in [-0.2, 0) is 14.3 Å². The molecule has 6 N–H and O–H groups in total. The SMILES string of the molecule is CC(=O)Nc1ccc(NC(C)=O)c(N[C@H]2OC[C@@H](O)[C@H](O)[C@H]2O)c1. The zero-order valence-electron chi connectivity index (χ0n) is 13.3. The quantitative estimate of drug-likeness (QED) is 0.433. The molecule has 2 rings (SSSR count). The Kier molecular flexibility index (Phi) is 5.73. The minimum Gasteiger partial charge on any atom is -0.388 e. The second kappa shape index (κ2) is 7.58. The number of rotatable bonds is 4. The van der Waals surface area contributed by atoms with E-state index in [0.717, 1.165) is 0 Å². The molecule has 9 heteroatoms. The molecule has 0 aliphatic carbocycles. The molecule has 4 atom stereocenters. The second-order valence-corrected chi connectivity index (χ2v) is 5.57. The molecule has 0 saturated carbocycles. The van der Waals surface area contributed by atoms with Crippen molar-refractivity contribution in [1.82, 2.24) is 0 Å². The smallest absolute Gasteiger partial charge is 0.221 e. The van der Waals surface area contributed by atoms with Gasteiger partial charge in [-0.1, -0.05) is 0 Å². The summed E-state index contributed by atoms with van der Waals surface area (Å²) in [4.78, 5) is 22.5. The molecule has 132 valence electrons. The van der Waals surface area contributed by atoms with Gasteiger partial charge in [-0.3, -0.25) is 9.59 Å². The van der Waals surface area contributed by atoms with E-state index in [0.29, 0.717) is 17.1 Å². The summed E-state index contributed by atoms with van der Waals surface area (Å²) in [5.41, 5.74) is 1.27. The van der Waals surface area contributed by atoms with Crippen LogP contribution >= 0.6 is 0 Å². The van der Waals surface area contributed by atoms with Crippen molar-refractivity contribution in [3.05, 3.63) is 18.2 Å². The van der Waals surface area contributed by atoms with Crippen LogP contribution in [0.15, 0.2) is 18.2 Å². The zero-order valence-corrected chi connectivity index (χ0v) is 13.3. The van der Waals surface area contributed by atoms with Crippen molar-refractivity contribution in [1.29, 1.82) is 0 Å². The maximum Gasteiger partial charge on any atom is 0.221 e. The summed E-state index contributed by atoms with van der Waals surface area (Å²) in [7, 11) is 0. The lowest BCUT2D eigenvalue weighted by Crippen LogP contribution is -2.55. The van der Waals surface area contributed by atoms with Crippen molar-refractivity contribution in [3.8, 4) is 0 Å². The van der Waals surface area contributed by atoms with Crippen molar-refractivity contribution in [3.63, 3.8) is 0 Å². The minimum atomic E-state index is -1.37. The Hall–Kier alpha value is -2.20. The van der Waals surface area contributed by atoms with Crippen molar-refractivity contribution < 1.29 is 29.6 Å². The fourth-order valence-corrected chi connectivity index (χ4v) is 2.33. The van der Waals surface area contributed by atoms with Crippen LogP contribution < -0.4 is 16.0 Å². The second-order valence-electron chi connectivity index (χ2n) is 5.57. The van der Waals surface area contributed by atoms with Crippen LogP contribution in [0.1, 0.15) is 13.8 Å². The van der Waals surface area contributed by atoms with E-state index in [9.17, 15) is 24.9 Å². The van der Waals surface area contributed by atoms with Crippen LogP contribution in [-0.4, -0.2) is 58.3 Å². The third kappa shape index (κ3) is 4.42. The van der Waals surface area contributed by atoms with Crippen LogP contribution in [0.3, 0.4) is 0 Å². The first-order valence-corrected chi connectivity index (χ1v) is 7.39. The number of hydrogen-bond donors (Lipinski definition) is 6. The summed E-state index contributed by atoms with van der Waals surface area (Å²) >= 11 is 0. The Morgan fingerprint density at radius 1 is 1.04 bits per heavy atom. The summed E-state index contributed by atoms with van der Waals surface area (Å²) in [5, 5.41) is 37.3. The van der Waals surface area contributed by atoms with Gasteiger partial charge in [0.15, 0.2) is 6.23 Å². The van der Waals surface area contributed by atoms with Crippen LogP contribution in [0.2, 0.25) is 0 Å². The highest BCUT2D eigenvalue weighted by molar-refractivity contribution is 5.95. The van der Waals surface area contributed by atoms with Crippen LogP contribution in [0.5, 0.6) is 0 Å². The molecule has 1 saturated heterocycles. The first-order valence-electron chi connectivity index (χ1n) is 7.39. The number of nitrogens with one attached hydrogen (secondary N) is 3. The minimum absolute atomic E-state index is 0.156. The number of hydrogen-bond acceptors (Lipinski definition) is 7. The maximum atomic E-state index is 11.3. The number of carbonyl (C=O) groups is 2. The highest BCUT2D eigenvalue weighted by atomic mass is 16.5. The summed E-state index contributed by atoms with van der Waals surface area (Å²) in [6.45, 7) is 2.55. The average molecular weight is 339 g/mol. The lowest BCUT2D eigenvalue weighted by molar-refractivity contribution is -0.178. The molecule has 24 heavy (non-hydrogen) atoms. The van der Waals surface area contributed by atoms with Crippen LogP contribution in [0, 0.1) is 0 Å². The summed E-state index contributed by atoms with van der Waals surface area (Å²) < 4.78 is 5.29. The van der Waals surface area contributed by atoms with Gasteiger partial charge < -0.3 is 36.0 Å². The number of aliphatic hydroxyl groups excluding tert-OH is 3. The van der Waals surface area contributed by atoms with E-state index in [-0.39, 0.29) is 18.4 Å². The van der Waals surface area contributed by atoms with Gasteiger partial charge in [-0.25, -0.2) is 0 Å². The highest BCUT2D eigenvalue weighted by Crippen LogP contribution is 2.28. The van der Waals surface area contributed by atoms with E-state index in [2.05, 4.69) is 16.0 Å². The fraction of sp³-hybridized carbons (Fsp3) is 0.467. The molecule has 2 amide bonds. The molecule has 1 aliphatic rings.